The highest BCUT2D eigenvalue weighted by molar-refractivity contribution is 5.98. The first kappa shape index (κ1) is 15.8. The van der Waals surface area contributed by atoms with E-state index in [1.54, 1.807) is 36.7 Å². The molecule has 0 amide bonds. The molecule has 128 valence electrons. The fraction of sp³-hybridized carbons (Fsp3) is 0. The number of hydrogen-bond acceptors (Lipinski definition) is 4. The zero-order valence-corrected chi connectivity index (χ0v) is 13.7. The summed E-state index contributed by atoms with van der Waals surface area (Å²) in [5.74, 6) is -0.429. The van der Waals surface area contributed by atoms with Gasteiger partial charge < -0.3 is 11.1 Å². The predicted octanol–water partition coefficient (Wildman–Crippen LogP) is 4.19. The van der Waals surface area contributed by atoms with Crippen molar-refractivity contribution in [2.24, 2.45) is 0 Å². The van der Waals surface area contributed by atoms with Gasteiger partial charge >= 0.3 is 0 Å². The Balaban J connectivity index is 1.69. The molecule has 2 aromatic carbocycles. The first-order valence-electron chi connectivity index (χ1n) is 8.01. The molecule has 2 heterocycles. The molecule has 0 saturated carbocycles. The lowest BCUT2D eigenvalue weighted by atomic mass is 10.2. The molecule has 3 N–H and O–H groups in total. The quantitative estimate of drug-likeness (QED) is 0.583. The Morgan fingerprint density at radius 1 is 1.00 bits per heavy atom. The summed E-state index contributed by atoms with van der Waals surface area (Å²) in [6.45, 7) is 0. The zero-order valence-electron chi connectivity index (χ0n) is 13.7. The number of fused-ring (bicyclic) bond motifs is 1. The Hall–Kier alpha value is -3.67. The van der Waals surface area contributed by atoms with Crippen LogP contribution < -0.4 is 11.1 Å². The molecule has 0 unspecified atom stereocenters. The molecular formula is C20H15FN4O. The molecule has 0 saturated heterocycles. The SMILES string of the molecule is Nc1cc(Nc2ccccc2F)nc(C(=O)n2cc3ccccc3c2)c1. The van der Waals surface area contributed by atoms with E-state index in [4.69, 9.17) is 5.73 Å². The van der Waals surface area contributed by atoms with E-state index < -0.39 is 5.82 Å². The Morgan fingerprint density at radius 2 is 1.65 bits per heavy atom. The van der Waals surface area contributed by atoms with E-state index in [2.05, 4.69) is 10.3 Å². The first-order chi connectivity index (χ1) is 12.6. The Morgan fingerprint density at radius 3 is 2.35 bits per heavy atom. The number of pyridine rings is 1. The Kier molecular flexibility index (Phi) is 3.85. The van der Waals surface area contributed by atoms with Gasteiger partial charge in [-0.15, -0.1) is 0 Å². The first-order valence-corrected chi connectivity index (χ1v) is 8.01. The second kappa shape index (κ2) is 6.33. The second-order valence-corrected chi connectivity index (χ2v) is 5.88. The van der Waals surface area contributed by atoms with Gasteiger partial charge in [-0.05, 0) is 29.0 Å². The van der Waals surface area contributed by atoms with Crippen molar-refractivity contribution in [2.45, 2.75) is 0 Å². The van der Waals surface area contributed by atoms with E-state index in [1.807, 2.05) is 24.3 Å². The molecule has 0 bridgehead atoms. The Labute approximate surface area is 148 Å². The summed E-state index contributed by atoms with van der Waals surface area (Å²) in [6, 6.07) is 16.9. The summed E-state index contributed by atoms with van der Waals surface area (Å²) in [4.78, 5) is 17.1. The largest absolute Gasteiger partial charge is 0.399 e. The third kappa shape index (κ3) is 3.00. The van der Waals surface area contributed by atoms with Gasteiger partial charge in [0.2, 0.25) is 0 Å². The third-order valence-electron chi connectivity index (χ3n) is 3.99. The van der Waals surface area contributed by atoms with Crippen LogP contribution in [0.5, 0.6) is 0 Å². The standard InChI is InChI=1S/C20H15FN4O/c21-16-7-3-4-8-17(16)23-19-10-15(22)9-18(24-19)20(26)25-11-13-5-1-2-6-14(13)12-25/h1-12H,(H3,22,23,24). The van der Waals surface area contributed by atoms with Crippen molar-refractivity contribution in [3.63, 3.8) is 0 Å². The summed E-state index contributed by atoms with van der Waals surface area (Å²) in [7, 11) is 0. The second-order valence-electron chi connectivity index (χ2n) is 5.88. The number of rotatable bonds is 3. The maximum Gasteiger partial charge on any atom is 0.280 e. The lowest BCUT2D eigenvalue weighted by Crippen LogP contribution is -2.13. The number of nitrogen functional groups attached to an aromatic ring is 1. The molecule has 26 heavy (non-hydrogen) atoms. The molecular weight excluding hydrogens is 331 g/mol. The minimum Gasteiger partial charge on any atom is -0.399 e. The molecule has 2 aromatic heterocycles. The lowest BCUT2D eigenvalue weighted by Gasteiger charge is -2.09. The number of hydrogen-bond donors (Lipinski definition) is 2. The van der Waals surface area contributed by atoms with Crippen molar-refractivity contribution in [1.82, 2.24) is 9.55 Å². The number of anilines is 3. The fourth-order valence-corrected chi connectivity index (χ4v) is 2.76. The minimum absolute atomic E-state index is 0.171. The molecule has 5 nitrogen and oxygen atoms in total. The van der Waals surface area contributed by atoms with E-state index in [-0.39, 0.29) is 17.3 Å². The third-order valence-corrected chi connectivity index (χ3v) is 3.99. The van der Waals surface area contributed by atoms with Gasteiger partial charge in [0.25, 0.3) is 5.91 Å². The van der Waals surface area contributed by atoms with E-state index in [0.29, 0.717) is 11.5 Å². The van der Waals surface area contributed by atoms with Gasteiger partial charge in [-0.1, -0.05) is 36.4 Å². The molecule has 6 heteroatoms. The molecule has 4 aromatic rings. The summed E-state index contributed by atoms with van der Waals surface area (Å²) in [5.41, 5.74) is 6.70. The summed E-state index contributed by atoms with van der Waals surface area (Å²) in [5, 5.41) is 4.77. The van der Waals surface area contributed by atoms with Crippen LogP contribution in [-0.4, -0.2) is 15.5 Å². The van der Waals surface area contributed by atoms with Crippen molar-refractivity contribution in [3.05, 3.63) is 84.6 Å². The molecule has 0 atom stereocenters. The highest BCUT2D eigenvalue weighted by atomic mass is 19.1. The van der Waals surface area contributed by atoms with Crippen LogP contribution in [0.4, 0.5) is 21.6 Å². The highest BCUT2D eigenvalue weighted by Gasteiger charge is 2.14. The van der Waals surface area contributed by atoms with Crippen molar-refractivity contribution < 1.29 is 9.18 Å². The minimum atomic E-state index is -0.415. The summed E-state index contributed by atoms with van der Waals surface area (Å²) in [6.07, 6.45) is 3.49. The number of halogens is 1. The number of carbonyl (C=O) groups is 1. The topological polar surface area (TPSA) is 72.9 Å². The van der Waals surface area contributed by atoms with Crippen molar-refractivity contribution >= 4 is 33.9 Å². The fourth-order valence-electron chi connectivity index (χ4n) is 2.76. The van der Waals surface area contributed by atoms with Crippen LogP contribution in [0, 0.1) is 5.82 Å². The van der Waals surface area contributed by atoms with E-state index in [1.165, 1.54) is 16.7 Å². The lowest BCUT2D eigenvalue weighted by molar-refractivity contribution is 0.0956. The molecule has 0 aliphatic heterocycles. The van der Waals surface area contributed by atoms with Crippen LogP contribution in [0.3, 0.4) is 0 Å². The van der Waals surface area contributed by atoms with Crippen LogP contribution >= 0.6 is 0 Å². The number of benzene rings is 2. The maximum atomic E-state index is 13.8. The number of para-hydroxylation sites is 1. The number of carbonyl (C=O) groups excluding carboxylic acids is 1. The predicted molar refractivity (Wildman–Crippen MR) is 100.0 cm³/mol. The summed E-state index contributed by atoms with van der Waals surface area (Å²) >= 11 is 0. The van der Waals surface area contributed by atoms with Crippen LogP contribution in [0.15, 0.2) is 73.1 Å². The van der Waals surface area contributed by atoms with Crippen LogP contribution in [0.2, 0.25) is 0 Å². The molecule has 0 aliphatic carbocycles. The molecule has 0 fully saturated rings. The zero-order chi connectivity index (χ0) is 18.1. The maximum absolute atomic E-state index is 13.8. The average Bonchev–Trinajstić information content (AvgIpc) is 3.07. The van der Waals surface area contributed by atoms with Crippen molar-refractivity contribution in [3.8, 4) is 0 Å². The van der Waals surface area contributed by atoms with E-state index in [9.17, 15) is 9.18 Å². The normalized spacial score (nSPS) is 10.8. The van der Waals surface area contributed by atoms with Gasteiger partial charge in [0.15, 0.2) is 0 Å². The smallest absolute Gasteiger partial charge is 0.280 e. The van der Waals surface area contributed by atoms with Crippen molar-refractivity contribution in [2.75, 3.05) is 11.1 Å². The summed E-state index contributed by atoms with van der Waals surface area (Å²) < 4.78 is 15.3. The van der Waals surface area contributed by atoms with Gasteiger partial charge in [0.05, 0.1) is 5.69 Å². The molecule has 0 radical (unpaired) electrons. The number of nitrogens with zero attached hydrogens (tertiary/aromatic N) is 2. The number of nitrogens with one attached hydrogen (secondary N) is 1. The van der Waals surface area contributed by atoms with E-state index >= 15 is 0 Å². The van der Waals surface area contributed by atoms with Crippen molar-refractivity contribution in [1.29, 1.82) is 0 Å². The molecule has 0 spiro atoms. The monoisotopic (exact) mass is 346 g/mol. The highest BCUT2D eigenvalue weighted by Crippen LogP contribution is 2.22. The van der Waals surface area contributed by atoms with Gasteiger partial charge in [-0.3, -0.25) is 9.36 Å². The van der Waals surface area contributed by atoms with Crippen LogP contribution in [-0.2, 0) is 0 Å². The van der Waals surface area contributed by atoms with Gasteiger partial charge in [0.1, 0.15) is 17.3 Å². The number of nitrogens with two attached hydrogens (primary N) is 1. The molecule has 0 aliphatic rings. The van der Waals surface area contributed by atoms with Gasteiger partial charge in [-0.25, -0.2) is 9.37 Å². The van der Waals surface area contributed by atoms with E-state index in [0.717, 1.165) is 10.8 Å². The molecule has 4 rings (SSSR count). The van der Waals surface area contributed by atoms with Crippen LogP contribution in [0.25, 0.3) is 10.8 Å². The average molecular weight is 346 g/mol. The number of aromatic nitrogens is 2. The van der Waals surface area contributed by atoms with Crippen LogP contribution in [0.1, 0.15) is 10.5 Å². The van der Waals surface area contributed by atoms with Gasteiger partial charge in [0, 0.05) is 24.1 Å². The van der Waals surface area contributed by atoms with Gasteiger partial charge in [-0.2, -0.15) is 0 Å². The Bertz CT molecular complexity index is 1090.